The molecule has 0 spiro atoms. The number of carbonyl (C=O) groups is 1. The fourth-order valence-corrected chi connectivity index (χ4v) is 3.75. The highest BCUT2D eigenvalue weighted by atomic mass is 32.1. The largest absolute Gasteiger partial charge is 0.497 e. The maximum atomic E-state index is 12.1. The lowest BCUT2D eigenvalue weighted by Gasteiger charge is -2.06. The molecule has 1 heterocycles. The van der Waals surface area contributed by atoms with Crippen molar-refractivity contribution in [3.63, 3.8) is 0 Å². The molecule has 1 aromatic heterocycles. The first-order valence-electron chi connectivity index (χ1n) is 9.17. The Morgan fingerprint density at radius 3 is 2.75 bits per heavy atom. The predicted octanol–water partition coefficient (Wildman–Crippen LogP) is 4.12. The summed E-state index contributed by atoms with van der Waals surface area (Å²) in [5, 5.41) is 5.88. The number of methoxy groups -OCH3 is 2. The van der Waals surface area contributed by atoms with E-state index < -0.39 is 0 Å². The van der Waals surface area contributed by atoms with Gasteiger partial charge in [0, 0.05) is 18.3 Å². The Bertz CT molecular complexity index is 923. The molecule has 0 aliphatic heterocycles. The van der Waals surface area contributed by atoms with Gasteiger partial charge < -0.3 is 14.8 Å². The quantitative estimate of drug-likeness (QED) is 0.591. The first-order chi connectivity index (χ1) is 13.7. The zero-order chi connectivity index (χ0) is 19.8. The molecule has 3 rings (SSSR count). The highest BCUT2D eigenvalue weighted by Gasteiger charge is 2.11. The Kier molecular flexibility index (Phi) is 7.03. The van der Waals surface area contributed by atoms with Crippen LogP contribution in [0.5, 0.6) is 11.5 Å². The lowest BCUT2D eigenvalue weighted by Crippen LogP contribution is -2.25. The van der Waals surface area contributed by atoms with E-state index in [0.29, 0.717) is 19.4 Å². The Balaban J connectivity index is 1.46. The second-order valence-electron chi connectivity index (χ2n) is 6.30. The van der Waals surface area contributed by atoms with Gasteiger partial charge in [-0.2, -0.15) is 0 Å². The topological polar surface area (TPSA) is 60.5 Å². The third-order valence-electron chi connectivity index (χ3n) is 4.37. The number of para-hydroxylation sites is 1. The van der Waals surface area contributed by atoms with Gasteiger partial charge in [0.15, 0.2) is 0 Å². The number of aryl methyl sites for hydroxylation is 1. The first-order valence-corrected chi connectivity index (χ1v) is 10.0. The minimum Gasteiger partial charge on any atom is -0.497 e. The molecular formula is C22H24N2O3S. The number of amides is 1. The van der Waals surface area contributed by atoms with Gasteiger partial charge in [-0.15, -0.1) is 11.3 Å². The van der Waals surface area contributed by atoms with Gasteiger partial charge in [0.2, 0.25) is 5.91 Å². The van der Waals surface area contributed by atoms with Crippen LogP contribution in [-0.4, -0.2) is 31.7 Å². The van der Waals surface area contributed by atoms with Crippen LogP contribution in [0, 0.1) is 0 Å². The summed E-state index contributed by atoms with van der Waals surface area (Å²) >= 11 is 1.57. The van der Waals surface area contributed by atoms with E-state index in [1.165, 1.54) is 0 Å². The summed E-state index contributed by atoms with van der Waals surface area (Å²) in [6.07, 6.45) is 1.82. The SMILES string of the molecule is COc1cccc(CCNC(=O)CCc2csc(-c3ccccc3OC)n2)c1. The maximum Gasteiger partial charge on any atom is 0.220 e. The summed E-state index contributed by atoms with van der Waals surface area (Å²) in [5.41, 5.74) is 3.04. The molecule has 6 heteroatoms. The third kappa shape index (κ3) is 5.33. The second kappa shape index (κ2) is 9.90. The van der Waals surface area contributed by atoms with Crippen LogP contribution in [0.2, 0.25) is 0 Å². The molecule has 28 heavy (non-hydrogen) atoms. The molecule has 1 N–H and O–H groups in total. The van der Waals surface area contributed by atoms with Gasteiger partial charge in [-0.25, -0.2) is 4.98 Å². The third-order valence-corrected chi connectivity index (χ3v) is 5.29. The average molecular weight is 397 g/mol. The van der Waals surface area contributed by atoms with Crippen molar-refractivity contribution in [1.82, 2.24) is 10.3 Å². The number of rotatable bonds is 9. The van der Waals surface area contributed by atoms with Gasteiger partial charge in [-0.05, 0) is 42.7 Å². The van der Waals surface area contributed by atoms with Gasteiger partial charge in [0.1, 0.15) is 16.5 Å². The van der Waals surface area contributed by atoms with Crippen LogP contribution in [0.25, 0.3) is 10.6 Å². The lowest BCUT2D eigenvalue weighted by atomic mass is 10.1. The molecule has 1 amide bonds. The molecule has 0 aliphatic rings. The molecule has 2 aromatic carbocycles. The zero-order valence-electron chi connectivity index (χ0n) is 16.1. The molecule has 0 atom stereocenters. The first kappa shape index (κ1) is 19.9. The van der Waals surface area contributed by atoms with Crippen molar-refractivity contribution in [1.29, 1.82) is 0 Å². The molecule has 0 saturated carbocycles. The standard InChI is InChI=1S/C22H24N2O3S/c1-26-18-7-5-6-16(14-18)12-13-23-21(25)11-10-17-15-28-22(24-17)19-8-3-4-9-20(19)27-2/h3-9,14-15H,10-13H2,1-2H3,(H,23,25). The number of benzene rings is 2. The highest BCUT2D eigenvalue weighted by Crippen LogP contribution is 2.32. The van der Waals surface area contributed by atoms with Crippen LogP contribution < -0.4 is 14.8 Å². The minimum atomic E-state index is 0.0368. The van der Waals surface area contributed by atoms with Crippen molar-refractivity contribution in [2.45, 2.75) is 19.3 Å². The van der Waals surface area contributed by atoms with Crippen molar-refractivity contribution in [2.75, 3.05) is 20.8 Å². The fraction of sp³-hybridized carbons (Fsp3) is 0.273. The van der Waals surface area contributed by atoms with E-state index in [2.05, 4.69) is 10.3 Å². The maximum absolute atomic E-state index is 12.1. The average Bonchev–Trinajstić information content (AvgIpc) is 3.21. The second-order valence-corrected chi connectivity index (χ2v) is 7.15. The highest BCUT2D eigenvalue weighted by molar-refractivity contribution is 7.13. The van der Waals surface area contributed by atoms with Crippen LogP contribution in [-0.2, 0) is 17.6 Å². The van der Waals surface area contributed by atoms with Gasteiger partial charge >= 0.3 is 0 Å². The van der Waals surface area contributed by atoms with Crippen molar-refractivity contribution < 1.29 is 14.3 Å². The molecule has 0 aliphatic carbocycles. The molecule has 5 nitrogen and oxygen atoms in total. The number of carbonyl (C=O) groups excluding carboxylic acids is 1. The lowest BCUT2D eigenvalue weighted by molar-refractivity contribution is -0.121. The van der Waals surface area contributed by atoms with E-state index in [9.17, 15) is 4.79 Å². The van der Waals surface area contributed by atoms with Crippen LogP contribution in [0.3, 0.4) is 0 Å². The number of nitrogens with zero attached hydrogens (tertiary/aromatic N) is 1. The van der Waals surface area contributed by atoms with Gasteiger partial charge in [-0.3, -0.25) is 4.79 Å². The van der Waals surface area contributed by atoms with Crippen molar-refractivity contribution in [3.8, 4) is 22.1 Å². The van der Waals surface area contributed by atoms with Crippen LogP contribution in [0.1, 0.15) is 17.7 Å². The van der Waals surface area contributed by atoms with Gasteiger partial charge in [0.05, 0.1) is 25.5 Å². The smallest absolute Gasteiger partial charge is 0.220 e. The normalized spacial score (nSPS) is 10.5. The molecule has 0 saturated heterocycles. The Morgan fingerprint density at radius 1 is 1.07 bits per heavy atom. The number of aromatic nitrogens is 1. The Hall–Kier alpha value is -2.86. The van der Waals surface area contributed by atoms with Crippen LogP contribution >= 0.6 is 11.3 Å². The summed E-state index contributed by atoms with van der Waals surface area (Å²) in [6, 6.07) is 15.7. The number of hydrogen-bond donors (Lipinski definition) is 1. The van der Waals surface area contributed by atoms with E-state index in [1.807, 2.05) is 53.9 Å². The fourth-order valence-electron chi connectivity index (χ4n) is 2.87. The molecule has 0 bridgehead atoms. The van der Waals surface area contributed by atoms with Crippen molar-refractivity contribution >= 4 is 17.2 Å². The number of ether oxygens (including phenoxy) is 2. The summed E-state index contributed by atoms with van der Waals surface area (Å²) in [6.45, 7) is 0.607. The summed E-state index contributed by atoms with van der Waals surface area (Å²) in [4.78, 5) is 16.8. The van der Waals surface area contributed by atoms with E-state index in [4.69, 9.17) is 9.47 Å². The van der Waals surface area contributed by atoms with E-state index >= 15 is 0 Å². The van der Waals surface area contributed by atoms with Crippen LogP contribution in [0.4, 0.5) is 0 Å². The Labute approximate surface area is 169 Å². The summed E-state index contributed by atoms with van der Waals surface area (Å²) < 4.78 is 10.6. The molecule has 0 radical (unpaired) electrons. The summed E-state index contributed by atoms with van der Waals surface area (Å²) in [5.74, 6) is 1.67. The zero-order valence-corrected chi connectivity index (χ0v) is 16.9. The summed E-state index contributed by atoms with van der Waals surface area (Å²) in [7, 11) is 3.31. The molecule has 3 aromatic rings. The monoisotopic (exact) mass is 396 g/mol. The molecule has 0 unspecified atom stereocenters. The number of nitrogens with one attached hydrogen (secondary N) is 1. The molecular weight excluding hydrogens is 372 g/mol. The Morgan fingerprint density at radius 2 is 1.93 bits per heavy atom. The van der Waals surface area contributed by atoms with Crippen molar-refractivity contribution in [2.24, 2.45) is 0 Å². The number of hydrogen-bond acceptors (Lipinski definition) is 5. The van der Waals surface area contributed by atoms with E-state index in [0.717, 1.165) is 39.7 Å². The van der Waals surface area contributed by atoms with Crippen molar-refractivity contribution in [3.05, 3.63) is 65.2 Å². The minimum absolute atomic E-state index is 0.0368. The van der Waals surface area contributed by atoms with Gasteiger partial charge in [0.25, 0.3) is 0 Å². The number of thiazole rings is 1. The predicted molar refractivity (Wildman–Crippen MR) is 112 cm³/mol. The van der Waals surface area contributed by atoms with Crippen LogP contribution in [0.15, 0.2) is 53.9 Å². The van der Waals surface area contributed by atoms with Gasteiger partial charge in [-0.1, -0.05) is 24.3 Å². The van der Waals surface area contributed by atoms with E-state index in [1.54, 1.807) is 25.6 Å². The van der Waals surface area contributed by atoms with E-state index in [-0.39, 0.29) is 5.91 Å². The molecule has 0 fully saturated rings. The molecule has 146 valence electrons.